The van der Waals surface area contributed by atoms with Crippen molar-refractivity contribution >= 4 is 11.6 Å². The lowest BCUT2D eigenvalue weighted by Gasteiger charge is -2.11. The van der Waals surface area contributed by atoms with Gasteiger partial charge >= 0.3 is 0 Å². The molecule has 106 valence electrons. The Labute approximate surface area is 124 Å². The van der Waals surface area contributed by atoms with Crippen LogP contribution in [0.25, 0.3) is 0 Å². The number of hydrogen-bond acceptors (Lipinski definition) is 3. The second-order valence-corrected chi connectivity index (χ2v) is 5.12. The molecular weight excluding hydrogens is 274 g/mol. The van der Waals surface area contributed by atoms with Gasteiger partial charge in [-0.25, -0.2) is 0 Å². The second-order valence-electron chi connectivity index (χ2n) is 4.72. The van der Waals surface area contributed by atoms with Crippen LogP contribution in [-0.4, -0.2) is 13.2 Å². The molecule has 1 unspecified atom stereocenters. The Kier molecular flexibility index (Phi) is 4.88. The number of ether oxygens (including phenoxy) is 2. The summed E-state index contributed by atoms with van der Waals surface area (Å²) in [6.07, 6.45) is 0.748. The van der Waals surface area contributed by atoms with E-state index in [4.69, 9.17) is 26.8 Å². The third-order valence-electron chi connectivity index (χ3n) is 2.84. The zero-order valence-corrected chi connectivity index (χ0v) is 12.4. The van der Waals surface area contributed by atoms with Crippen molar-refractivity contribution < 1.29 is 9.47 Å². The van der Waals surface area contributed by atoms with Gasteiger partial charge in [0.1, 0.15) is 17.2 Å². The van der Waals surface area contributed by atoms with Crippen molar-refractivity contribution in [1.29, 1.82) is 0 Å². The Morgan fingerprint density at radius 2 is 1.80 bits per heavy atom. The predicted molar refractivity (Wildman–Crippen MR) is 81.9 cm³/mol. The van der Waals surface area contributed by atoms with Crippen LogP contribution in [0.2, 0.25) is 5.02 Å². The molecular formula is C16H18ClNO2. The number of rotatable bonds is 5. The first-order valence-corrected chi connectivity index (χ1v) is 6.82. The molecule has 0 saturated heterocycles. The summed E-state index contributed by atoms with van der Waals surface area (Å²) in [5.41, 5.74) is 6.81. The molecule has 0 aliphatic carbocycles. The fourth-order valence-corrected chi connectivity index (χ4v) is 2.15. The molecule has 20 heavy (non-hydrogen) atoms. The summed E-state index contributed by atoms with van der Waals surface area (Å²) in [6.45, 7) is 1.96. The van der Waals surface area contributed by atoms with Crippen molar-refractivity contribution in [3.63, 3.8) is 0 Å². The molecule has 3 nitrogen and oxygen atoms in total. The molecule has 0 aliphatic heterocycles. The summed E-state index contributed by atoms with van der Waals surface area (Å²) < 4.78 is 10.9. The van der Waals surface area contributed by atoms with E-state index in [9.17, 15) is 0 Å². The van der Waals surface area contributed by atoms with Crippen LogP contribution in [0.1, 0.15) is 12.5 Å². The molecule has 0 radical (unpaired) electrons. The van der Waals surface area contributed by atoms with Crippen molar-refractivity contribution in [3.05, 3.63) is 53.1 Å². The molecule has 2 rings (SSSR count). The largest absolute Gasteiger partial charge is 0.497 e. The second kappa shape index (κ2) is 6.64. The van der Waals surface area contributed by atoms with Gasteiger partial charge in [-0.3, -0.25) is 0 Å². The Bertz CT molecular complexity index is 584. The molecule has 0 amide bonds. The van der Waals surface area contributed by atoms with Crippen LogP contribution in [0.15, 0.2) is 42.5 Å². The number of benzene rings is 2. The number of nitrogens with two attached hydrogens (primary N) is 1. The number of methoxy groups -OCH3 is 1. The molecule has 0 spiro atoms. The zero-order chi connectivity index (χ0) is 14.5. The summed E-state index contributed by atoms with van der Waals surface area (Å²) in [7, 11) is 1.62. The first-order chi connectivity index (χ1) is 9.58. The van der Waals surface area contributed by atoms with Gasteiger partial charge in [0, 0.05) is 17.1 Å². The van der Waals surface area contributed by atoms with Gasteiger partial charge in [-0.15, -0.1) is 0 Å². The van der Waals surface area contributed by atoms with E-state index in [0.29, 0.717) is 16.5 Å². The molecule has 0 heterocycles. The van der Waals surface area contributed by atoms with E-state index in [0.717, 1.165) is 17.7 Å². The number of halogens is 1. The minimum absolute atomic E-state index is 0.0812. The first-order valence-electron chi connectivity index (χ1n) is 6.44. The van der Waals surface area contributed by atoms with Gasteiger partial charge in [0.25, 0.3) is 0 Å². The van der Waals surface area contributed by atoms with Crippen LogP contribution < -0.4 is 15.2 Å². The summed E-state index contributed by atoms with van der Waals surface area (Å²) in [4.78, 5) is 0. The van der Waals surface area contributed by atoms with E-state index in [1.165, 1.54) is 0 Å². The zero-order valence-electron chi connectivity index (χ0n) is 11.6. The smallest absolute Gasteiger partial charge is 0.131 e. The third-order valence-corrected chi connectivity index (χ3v) is 3.20. The van der Waals surface area contributed by atoms with Crippen LogP contribution in [0.5, 0.6) is 17.2 Å². The van der Waals surface area contributed by atoms with Gasteiger partial charge in [0.2, 0.25) is 0 Å². The summed E-state index contributed by atoms with van der Waals surface area (Å²) in [6, 6.07) is 13.2. The maximum Gasteiger partial charge on any atom is 0.131 e. The molecule has 0 aromatic heterocycles. The molecule has 4 heteroatoms. The van der Waals surface area contributed by atoms with E-state index < -0.39 is 0 Å². The quantitative estimate of drug-likeness (QED) is 0.904. The Morgan fingerprint density at radius 1 is 1.10 bits per heavy atom. The van der Waals surface area contributed by atoms with Gasteiger partial charge in [-0.2, -0.15) is 0 Å². The lowest BCUT2D eigenvalue weighted by Crippen LogP contribution is -2.17. The molecule has 2 aromatic carbocycles. The fourth-order valence-electron chi connectivity index (χ4n) is 1.90. The molecule has 0 aliphatic rings. The topological polar surface area (TPSA) is 44.5 Å². The van der Waals surface area contributed by atoms with Crippen LogP contribution in [0.3, 0.4) is 0 Å². The fraction of sp³-hybridized carbons (Fsp3) is 0.250. The van der Waals surface area contributed by atoms with Crippen LogP contribution in [0.4, 0.5) is 0 Å². The van der Waals surface area contributed by atoms with Crippen molar-refractivity contribution in [2.75, 3.05) is 7.11 Å². The SMILES string of the molecule is COc1cccc(Oc2ccc(CC(C)N)c(Cl)c2)c1. The minimum Gasteiger partial charge on any atom is -0.497 e. The summed E-state index contributed by atoms with van der Waals surface area (Å²) >= 11 is 6.24. The normalized spacial score (nSPS) is 12.0. The molecule has 0 fully saturated rings. The molecule has 2 aromatic rings. The third kappa shape index (κ3) is 3.89. The average molecular weight is 292 g/mol. The van der Waals surface area contributed by atoms with Crippen molar-refractivity contribution in [2.45, 2.75) is 19.4 Å². The number of hydrogen-bond donors (Lipinski definition) is 1. The van der Waals surface area contributed by atoms with E-state index in [1.54, 1.807) is 13.2 Å². The highest BCUT2D eigenvalue weighted by atomic mass is 35.5. The van der Waals surface area contributed by atoms with Crippen LogP contribution in [-0.2, 0) is 6.42 Å². The van der Waals surface area contributed by atoms with Gasteiger partial charge in [-0.1, -0.05) is 23.7 Å². The maximum absolute atomic E-state index is 6.24. The summed E-state index contributed by atoms with van der Waals surface area (Å²) in [5.74, 6) is 2.15. The average Bonchev–Trinajstić information content (AvgIpc) is 2.42. The lowest BCUT2D eigenvalue weighted by molar-refractivity contribution is 0.409. The van der Waals surface area contributed by atoms with Crippen molar-refractivity contribution in [2.24, 2.45) is 5.73 Å². The van der Waals surface area contributed by atoms with Gasteiger partial charge < -0.3 is 15.2 Å². The van der Waals surface area contributed by atoms with Crippen molar-refractivity contribution in [3.8, 4) is 17.2 Å². The molecule has 0 bridgehead atoms. The van der Waals surface area contributed by atoms with Crippen LogP contribution >= 0.6 is 11.6 Å². The highest BCUT2D eigenvalue weighted by Crippen LogP contribution is 2.29. The lowest BCUT2D eigenvalue weighted by atomic mass is 10.1. The Hall–Kier alpha value is -1.71. The van der Waals surface area contributed by atoms with E-state index >= 15 is 0 Å². The van der Waals surface area contributed by atoms with Gasteiger partial charge in [0.05, 0.1) is 7.11 Å². The molecule has 1 atom stereocenters. The highest BCUT2D eigenvalue weighted by Gasteiger charge is 2.06. The van der Waals surface area contributed by atoms with E-state index in [-0.39, 0.29) is 6.04 Å². The van der Waals surface area contributed by atoms with Gasteiger partial charge in [-0.05, 0) is 43.2 Å². The van der Waals surface area contributed by atoms with Gasteiger partial charge in [0.15, 0.2) is 0 Å². The Morgan fingerprint density at radius 3 is 2.45 bits per heavy atom. The monoisotopic (exact) mass is 291 g/mol. The summed E-state index contributed by atoms with van der Waals surface area (Å²) in [5, 5.41) is 0.669. The Balaban J connectivity index is 2.15. The maximum atomic E-state index is 6.24. The van der Waals surface area contributed by atoms with E-state index in [1.807, 2.05) is 43.3 Å². The van der Waals surface area contributed by atoms with Crippen LogP contribution in [0, 0.1) is 0 Å². The van der Waals surface area contributed by atoms with E-state index in [2.05, 4.69) is 0 Å². The minimum atomic E-state index is 0.0812. The molecule has 2 N–H and O–H groups in total. The van der Waals surface area contributed by atoms with Crippen molar-refractivity contribution in [1.82, 2.24) is 0 Å². The first kappa shape index (κ1) is 14.7. The molecule has 0 saturated carbocycles. The predicted octanol–water partition coefficient (Wildman–Crippen LogP) is 4.03. The highest BCUT2D eigenvalue weighted by molar-refractivity contribution is 6.31. The standard InChI is InChI=1S/C16H18ClNO2/c1-11(18)8-12-6-7-15(10-16(12)17)20-14-5-3-4-13(9-14)19-2/h3-7,9-11H,8,18H2,1-2H3.